The van der Waals surface area contributed by atoms with Gasteiger partial charge in [0.1, 0.15) is 18.5 Å². The molecule has 1 aliphatic rings. The number of benzene rings is 3. The molecule has 0 aromatic heterocycles. The Labute approximate surface area is 189 Å². The molecule has 4 rings (SSSR count). The van der Waals surface area contributed by atoms with E-state index in [9.17, 15) is 18.8 Å². The van der Waals surface area contributed by atoms with E-state index in [0.717, 1.165) is 34.4 Å². The minimum atomic E-state index is -1.23. The van der Waals surface area contributed by atoms with Crippen LogP contribution < -0.4 is 10.6 Å². The van der Waals surface area contributed by atoms with Gasteiger partial charge in [-0.15, -0.1) is 0 Å². The van der Waals surface area contributed by atoms with Crippen molar-refractivity contribution in [3.8, 4) is 11.1 Å². The second kappa shape index (κ2) is 9.12. The summed E-state index contributed by atoms with van der Waals surface area (Å²) < 4.78 is 19.4. The molecule has 0 fully saturated rings. The third-order valence-electron chi connectivity index (χ3n) is 5.47. The molecule has 7 nitrogen and oxygen atoms in total. The van der Waals surface area contributed by atoms with Crippen LogP contribution in [0.5, 0.6) is 0 Å². The first kappa shape index (κ1) is 22.0. The summed E-state index contributed by atoms with van der Waals surface area (Å²) in [5.41, 5.74) is 4.20. The van der Waals surface area contributed by atoms with E-state index in [1.165, 1.54) is 13.0 Å². The Morgan fingerprint density at radius 3 is 2.21 bits per heavy atom. The highest BCUT2D eigenvalue weighted by Gasteiger charge is 2.29. The molecular weight excluding hydrogens is 427 g/mol. The maximum Gasteiger partial charge on any atom is 0.411 e. The zero-order valence-corrected chi connectivity index (χ0v) is 17.7. The molecule has 0 radical (unpaired) electrons. The van der Waals surface area contributed by atoms with Crippen molar-refractivity contribution >= 4 is 23.7 Å². The van der Waals surface area contributed by atoms with Gasteiger partial charge in [0.05, 0.1) is 0 Å². The van der Waals surface area contributed by atoms with Gasteiger partial charge in [-0.2, -0.15) is 0 Å². The number of ether oxygens (including phenoxy) is 1. The van der Waals surface area contributed by atoms with Crippen molar-refractivity contribution in [2.24, 2.45) is 0 Å². The van der Waals surface area contributed by atoms with Crippen molar-refractivity contribution in [3.05, 3.63) is 89.2 Å². The van der Waals surface area contributed by atoms with Crippen molar-refractivity contribution in [1.82, 2.24) is 5.32 Å². The molecule has 0 saturated heterocycles. The van der Waals surface area contributed by atoms with Gasteiger partial charge in [0.25, 0.3) is 5.91 Å². The fourth-order valence-electron chi connectivity index (χ4n) is 3.89. The first-order chi connectivity index (χ1) is 15.8. The summed E-state index contributed by atoms with van der Waals surface area (Å²) in [6.45, 7) is 1.37. The van der Waals surface area contributed by atoms with E-state index in [2.05, 4.69) is 10.6 Å². The molecule has 0 spiro atoms. The van der Waals surface area contributed by atoms with E-state index in [-0.39, 0.29) is 23.8 Å². The number of carbonyl (C=O) groups excluding carboxylic acids is 2. The molecule has 3 aromatic rings. The van der Waals surface area contributed by atoms with Crippen LogP contribution >= 0.6 is 0 Å². The van der Waals surface area contributed by atoms with Gasteiger partial charge in [-0.25, -0.2) is 9.18 Å². The molecule has 33 heavy (non-hydrogen) atoms. The molecule has 168 valence electrons. The van der Waals surface area contributed by atoms with E-state index in [1.54, 1.807) is 0 Å². The number of hydrogen-bond acceptors (Lipinski definition) is 4. The molecule has 1 aliphatic carbocycles. The Kier molecular flexibility index (Phi) is 6.08. The number of carboxylic acid groups (broad SMARTS) is 1. The summed E-state index contributed by atoms with van der Waals surface area (Å²) >= 11 is 0. The Hall–Kier alpha value is -4.20. The minimum Gasteiger partial charge on any atom is -0.480 e. The van der Waals surface area contributed by atoms with Crippen LogP contribution in [0.2, 0.25) is 0 Å². The number of anilines is 1. The fourth-order valence-corrected chi connectivity index (χ4v) is 3.89. The number of aliphatic carboxylic acids is 1. The van der Waals surface area contributed by atoms with Gasteiger partial charge in [-0.1, -0.05) is 48.5 Å². The number of amides is 2. The average Bonchev–Trinajstić information content (AvgIpc) is 3.11. The minimum absolute atomic E-state index is 0.0142. The lowest BCUT2D eigenvalue weighted by Crippen LogP contribution is -2.38. The summed E-state index contributed by atoms with van der Waals surface area (Å²) in [6, 6.07) is 17.9. The molecule has 3 N–H and O–H groups in total. The molecule has 2 amide bonds. The molecule has 0 heterocycles. The quantitative estimate of drug-likeness (QED) is 0.519. The van der Waals surface area contributed by atoms with Crippen LogP contribution in [-0.4, -0.2) is 35.7 Å². The molecule has 3 aromatic carbocycles. The second-order valence-electron chi connectivity index (χ2n) is 7.71. The van der Waals surface area contributed by atoms with Crippen LogP contribution in [0.25, 0.3) is 11.1 Å². The normalized spacial score (nSPS) is 12.9. The van der Waals surface area contributed by atoms with E-state index in [4.69, 9.17) is 9.84 Å². The smallest absolute Gasteiger partial charge is 0.411 e. The lowest BCUT2D eigenvalue weighted by Gasteiger charge is -2.15. The van der Waals surface area contributed by atoms with Crippen LogP contribution in [0.1, 0.15) is 34.3 Å². The van der Waals surface area contributed by atoms with Crippen LogP contribution in [0.15, 0.2) is 66.7 Å². The van der Waals surface area contributed by atoms with E-state index >= 15 is 0 Å². The monoisotopic (exact) mass is 448 g/mol. The zero-order valence-electron chi connectivity index (χ0n) is 17.7. The van der Waals surface area contributed by atoms with Gasteiger partial charge in [0.15, 0.2) is 0 Å². The van der Waals surface area contributed by atoms with Crippen LogP contribution in [-0.2, 0) is 9.53 Å². The van der Waals surface area contributed by atoms with Crippen molar-refractivity contribution in [3.63, 3.8) is 0 Å². The van der Waals surface area contributed by atoms with E-state index < -0.39 is 29.8 Å². The van der Waals surface area contributed by atoms with Crippen LogP contribution in [0, 0.1) is 5.82 Å². The van der Waals surface area contributed by atoms with Gasteiger partial charge in [-0.3, -0.25) is 14.9 Å². The predicted molar refractivity (Wildman–Crippen MR) is 120 cm³/mol. The second-order valence-corrected chi connectivity index (χ2v) is 7.71. The van der Waals surface area contributed by atoms with Gasteiger partial charge < -0.3 is 15.2 Å². The lowest BCUT2D eigenvalue weighted by molar-refractivity contribution is -0.138. The Morgan fingerprint density at radius 1 is 1.00 bits per heavy atom. The molecule has 0 unspecified atom stereocenters. The van der Waals surface area contributed by atoms with E-state index in [0.29, 0.717) is 0 Å². The summed E-state index contributed by atoms with van der Waals surface area (Å²) in [7, 11) is 0. The number of carboxylic acids is 1. The molecule has 0 aliphatic heterocycles. The number of halogens is 1. The summed E-state index contributed by atoms with van der Waals surface area (Å²) in [4.78, 5) is 35.5. The number of carbonyl (C=O) groups is 3. The number of nitrogens with one attached hydrogen (secondary N) is 2. The Balaban J connectivity index is 1.44. The number of fused-ring (bicyclic) bond motifs is 3. The maximum atomic E-state index is 14.0. The van der Waals surface area contributed by atoms with Gasteiger partial charge in [0, 0.05) is 17.2 Å². The Bertz CT molecular complexity index is 1200. The standard InChI is InChI=1S/C25H21FN2O5/c1-14(24(30)31)27-23(29)15-10-16(26)12-17(11-15)28-25(32)33-13-22-20-8-4-2-6-18(20)19-7-3-5-9-21(19)22/h2-12,14,22H,13H2,1H3,(H,27,29)(H,28,32)(H,30,31)/t14-/m0/s1. The van der Waals surface area contributed by atoms with E-state index in [1.807, 2.05) is 48.5 Å². The predicted octanol–water partition coefficient (Wildman–Crippen LogP) is 4.39. The SMILES string of the molecule is C[C@H](NC(=O)c1cc(F)cc(NC(=O)OCC2c3ccccc3-c3ccccc32)c1)C(=O)O. The molecule has 0 saturated carbocycles. The highest BCUT2D eigenvalue weighted by Crippen LogP contribution is 2.44. The van der Waals surface area contributed by atoms with Crippen LogP contribution in [0.3, 0.4) is 0 Å². The van der Waals surface area contributed by atoms with Gasteiger partial charge >= 0.3 is 12.1 Å². The van der Waals surface area contributed by atoms with Crippen molar-refractivity contribution < 1.29 is 28.6 Å². The summed E-state index contributed by atoms with van der Waals surface area (Å²) in [5, 5.41) is 13.6. The third-order valence-corrected chi connectivity index (χ3v) is 5.47. The largest absolute Gasteiger partial charge is 0.480 e. The average molecular weight is 448 g/mol. The molecule has 8 heteroatoms. The Morgan fingerprint density at radius 2 is 1.61 bits per heavy atom. The fraction of sp³-hybridized carbons (Fsp3) is 0.160. The molecular formula is C25H21FN2O5. The highest BCUT2D eigenvalue weighted by molar-refractivity contribution is 5.98. The molecule has 1 atom stereocenters. The summed E-state index contributed by atoms with van der Waals surface area (Å²) in [5.74, 6) is -2.90. The maximum absolute atomic E-state index is 14.0. The number of hydrogen-bond donors (Lipinski definition) is 3. The number of rotatable bonds is 6. The first-order valence-corrected chi connectivity index (χ1v) is 10.3. The van der Waals surface area contributed by atoms with Crippen LogP contribution in [0.4, 0.5) is 14.9 Å². The third kappa shape index (κ3) is 4.69. The topological polar surface area (TPSA) is 105 Å². The molecule has 0 bridgehead atoms. The first-order valence-electron chi connectivity index (χ1n) is 10.3. The summed E-state index contributed by atoms with van der Waals surface area (Å²) in [6.07, 6.45) is -0.798. The van der Waals surface area contributed by atoms with Crippen molar-refractivity contribution in [1.29, 1.82) is 0 Å². The lowest BCUT2D eigenvalue weighted by atomic mass is 9.98. The van der Waals surface area contributed by atoms with Crippen molar-refractivity contribution in [2.75, 3.05) is 11.9 Å². The van der Waals surface area contributed by atoms with Crippen molar-refractivity contribution in [2.45, 2.75) is 18.9 Å². The zero-order chi connectivity index (χ0) is 23.5. The van der Waals surface area contributed by atoms with Gasteiger partial charge in [-0.05, 0) is 47.4 Å². The highest BCUT2D eigenvalue weighted by atomic mass is 19.1. The van der Waals surface area contributed by atoms with Gasteiger partial charge in [0.2, 0.25) is 0 Å².